The summed E-state index contributed by atoms with van der Waals surface area (Å²) in [5.41, 5.74) is 3.20. The number of carbonyl (C=O) groups is 2. The molecule has 0 bridgehead atoms. The minimum absolute atomic E-state index is 0.152. The van der Waals surface area contributed by atoms with Crippen molar-refractivity contribution in [2.75, 3.05) is 0 Å². The number of benzene rings is 2. The first-order valence-electron chi connectivity index (χ1n) is 14.0. The number of rotatable bonds is 9. The van der Waals surface area contributed by atoms with E-state index in [0.29, 0.717) is 24.1 Å². The van der Waals surface area contributed by atoms with Gasteiger partial charge in [-0.3, -0.25) is 0 Å². The summed E-state index contributed by atoms with van der Waals surface area (Å²) < 4.78 is 5.90. The van der Waals surface area contributed by atoms with Crippen LogP contribution in [0.1, 0.15) is 87.7 Å². The highest BCUT2D eigenvalue weighted by atomic mass is 16.6. The largest absolute Gasteiger partial charge is 0.478 e. The van der Waals surface area contributed by atoms with E-state index in [4.69, 9.17) is 4.74 Å². The van der Waals surface area contributed by atoms with E-state index in [9.17, 15) is 14.7 Å². The minimum atomic E-state index is -0.897. The Balaban J connectivity index is 1.41. The molecule has 1 amide bonds. The van der Waals surface area contributed by atoms with Gasteiger partial charge in [-0.25, -0.2) is 9.59 Å². The Hall–Kier alpha value is -3.12. The number of nitrogens with one attached hydrogen (secondary N) is 1. The molecule has 38 heavy (non-hydrogen) atoms. The number of carboxylic acid groups (broad SMARTS) is 1. The first-order chi connectivity index (χ1) is 18.2. The normalized spacial score (nSPS) is 23.5. The van der Waals surface area contributed by atoms with Gasteiger partial charge in [0.15, 0.2) is 0 Å². The molecule has 2 N–H and O–H groups in total. The zero-order chi connectivity index (χ0) is 27.3. The molecule has 6 nitrogen and oxygen atoms in total. The molecule has 0 saturated heterocycles. The third-order valence-corrected chi connectivity index (χ3v) is 7.67. The quantitative estimate of drug-likeness (QED) is 0.377. The Morgan fingerprint density at radius 2 is 1.68 bits per heavy atom. The van der Waals surface area contributed by atoms with Crippen LogP contribution in [0.25, 0.3) is 6.08 Å². The summed E-state index contributed by atoms with van der Waals surface area (Å²) in [6.45, 7) is 8.51. The molecule has 0 aliphatic heterocycles. The van der Waals surface area contributed by atoms with Crippen molar-refractivity contribution >= 4 is 18.1 Å². The Morgan fingerprint density at radius 3 is 2.32 bits per heavy atom. The fourth-order valence-electron chi connectivity index (χ4n) is 5.69. The molecule has 2 unspecified atom stereocenters. The Kier molecular flexibility index (Phi) is 8.93. The molecule has 6 heteroatoms. The van der Waals surface area contributed by atoms with Gasteiger partial charge in [-0.05, 0) is 76.5 Å². The van der Waals surface area contributed by atoms with Crippen molar-refractivity contribution in [1.82, 2.24) is 10.2 Å². The first-order valence-corrected chi connectivity index (χ1v) is 14.0. The van der Waals surface area contributed by atoms with Crippen molar-refractivity contribution in [3.8, 4) is 0 Å². The molecule has 2 aromatic carbocycles. The molecular weight excluding hydrogens is 476 g/mol. The molecule has 0 heterocycles. The number of carbonyl (C=O) groups excluding carboxylic acids is 1. The van der Waals surface area contributed by atoms with Gasteiger partial charge in [0, 0.05) is 30.6 Å². The van der Waals surface area contributed by atoms with Crippen molar-refractivity contribution in [2.24, 2.45) is 5.92 Å². The molecular formula is C32H42N2O4. The second-order valence-corrected chi connectivity index (χ2v) is 11.6. The highest BCUT2D eigenvalue weighted by Gasteiger charge is 2.49. The van der Waals surface area contributed by atoms with Crippen LogP contribution in [0.5, 0.6) is 0 Å². The molecule has 2 fully saturated rings. The van der Waals surface area contributed by atoms with Crippen molar-refractivity contribution in [1.29, 1.82) is 0 Å². The summed E-state index contributed by atoms with van der Waals surface area (Å²) in [6, 6.07) is 18.2. The Labute approximate surface area is 227 Å². The topological polar surface area (TPSA) is 78.9 Å². The van der Waals surface area contributed by atoms with E-state index in [1.807, 2.05) is 39.0 Å². The van der Waals surface area contributed by atoms with Crippen LogP contribution in [-0.2, 0) is 11.3 Å². The SMILES string of the molecule is CC/C(=C\c1ccccc1)C1CC1N(C(=O)OC(C)(C)C)C1CCC(NCc2ccccc2C(=O)O)CC1. The Bertz CT molecular complexity index is 1130. The van der Waals surface area contributed by atoms with Gasteiger partial charge in [0.25, 0.3) is 0 Å². The summed E-state index contributed by atoms with van der Waals surface area (Å²) in [7, 11) is 0. The zero-order valence-corrected chi connectivity index (χ0v) is 23.2. The van der Waals surface area contributed by atoms with E-state index in [-0.39, 0.29) is 18.2 Å². The molecule has 2 saturated carbocycles. The predicted molar refractivity (Wildman–Crippen MR) is 151 cm³/mol. The van der Waals surface area contributed by atoms with E-state index < -0.39 is 11.6 Å². The number of hydrogen-bond donors (Lipinski definition) is 2. The van der Waals surface area contributed by atoms with Crippen molar-refractivity contribution in [3.63, 3.8) is 0 Å². The Morgan fingerprint density at radius 1 is 1.03 bits per heavy atom. The van der Waals surface area contributed by atoms with Gasteiger partial charge in [-0.1, -0.05) is 67.1 Å². The third kappa shape index (κ3) is 7.25. The number of amides is 1. The monoisotopic (exact) mass is 518 g/mol. The number of ether oxygens (including phenoxy) is 1. The molecule has 0 spiro atoms. The maximum Gasteiger partial charge on any atom is 0.410 e. The van der Waals surface area contributed by atoms with Crippen LogP contribution in [0.4, 0.5) is 4.79 Å². The summed E-state index contributed by atoms with van der Waals surface area (Å²) in [4.78, 5) is 27.1. The lowest BCUT2D eigenvalue weighted by Crippen LogP contribution is -2.48. The fraction of sp³-hybridized carbons (Fsp3) is 0.500. The summed E-state index contributed by atoms with van der Waals surface area (Å²) in [5.74, 6) is -0.526. The lowest BCUT2D eigenvalue weighted by Gasteiger charge is -2.38. The third-order valence-electron chi connectivity index (χ3n) is 7.67. The van der Waals surface area contributed by atoms with Gasteiger partial charge in [0.05, 0.1) is 5.56 Å². The van der Waals surface area contributed by atoms with Crippen molar-refractivity contribution in [2.45, 2.75) is 96.5 Å². The molecule has 204 valence electrons. The number of nitrogens with zero attached hydrogens (tertiary/aromatic N) is 1. The second kappa shape index (κ2) is 12.2. The van der Waals surface area contributed by atoms with Crippen molar-refractivity contribution in [3.05, 3.63) is 76.9 Å². The predicted octanol–water partition coefficient (Wildman–Crippen LogP) is 6.90. The molecule has 0 aromatic heterocycles. The van der Waals surface area contributed by atoms with E-state index in [0.717, 1.165) is 44.1 Å². The van der Waals surface area contributed by atoms with Gasteiger partial charge in [-0.15, -0.1) is 0 Å². The van der Waals surface area contributed by atoms with Crippen LogP contribution in [0, 0.1) is 5.92 Å². The van der Waals surface area contributed by atoms with Crippen LogP contribution in [0.3, 0.4) is 0 Å². The smallest absolute Gasteiger partial charge is 0.410 e. The molecule has 2 atom stereocenters. The van der Waals surface area contributed by atoms with Gasteiger partial charge >= 0.3 is 12.1 Å². The standard InChI is InChI=1S/C32H42N2O4/c1-5-23(19-22-11-7-6-8-12-22)28-20-29(28)34(31(37)38-32(2,3)4)26-17-15-25(16-18-26)33-21-24-13-9-10-14-27(24)30(35)36/h6-14,19,25-26,28-29,33H,5,15-18,20-21H2,1-4H3,(H,35,36)/b23-19+. The van der Waals surface area contributed by atoms with Crippen molar-refractivity contribution < 1.29 is 19.4 Å². The van der Waals surface area contributed by atoms with E-state index in [1.54, 1.807) is 12.1 Å². The summed E-state index contributed by atoms with van der Waals surface area (Å²) in [5, 5.41) is 13.0. The lowest BCUT2D eigenvalue weighted by molar-refractivity contribution is 0.00785. The first kappa shape index (κ1) is 27.9. The number of hydrogen-bond acceptors (Lipinski definition) is 4. The maximum atomic E-state index is 13.5. The second-order valence-electron chi connectivity index (χ2n) is 11.6. The minimum Gasteiger partial charge on any atom is -0.478 e. The van der Waals surface area contributed by atoms with E-state index >= 15 is 0 Å². The summed E-state index contributed by atoms with van der Waals surface area (Å²) in [6.07, 6.45) is 7.73. The number of carboxylic acids is 1. The van der Waals surface area contributed by atoms with E-state index in [2.05, 4.69) is 47.5 Å². The van der Waals surface area contributed by atoms with Gasteiger partial charge < -0.3 is 20.1 Å². The van der Waals surface area contributed by atoms with Crippen LogP contribution in [0.15, 0.2) is 60.2 Å². The fourth-order valence-corrected chi connectivity index (χ4v) is 5.69. The van der Waals surface area contributed by atoms with Crippen LogP contribution in [0.2, 0.25) is 0 Å². The number of aromatic carboxylic acids is 1. The molecule has 2 aliphatic rings. The highest BCUT2D eigenvalue weighted by molar-refractivity contribution is 5.89. The van der Waals surface area contributed by atoms with Crippen LogP contribution >= 0.6 is 0 Å². The molecule has 4 rings (SSSR count). The van der Waals surface area contributed by atoms with Gasteiger partial charge in [-0.2, -0.15) is 0 Å². The average Bonchev–Trinajstić information content (AvgIpc) is 3.66. The van der Waals surface area contributed by atoms with Gasteiger partial charge in [0.1, 0.15) is 5.60 Å². The molecule has 0 radical (unpaired) electrons. The lowest BCUT2D eigenvalue weighted by atomic mass is 9.89. The maximum absolute atomic E-state index is 13.5. The van der Waals surface area contributed by atoms with E-state index in [1.165, 1.54) is 11.1 Å². The zero-order valence-electron chi connectivity index (χ0n) is 23.2. The average molecular weight is 519 g/mol. The van der Waals surface area contributed by atoms with Crippen LogP contribution in [-0.4, -0.2) is 45.8 Å². The van der Waals surface area contributed by atoms with Crippen LogP contribution < -0.4 is 5.32 Å². The molecule has 2 aliphatic carbocycles. The molecule has 2 aromatic rings. The van der Waals surface area contributed by atoms with Gasteiger partial charge in [0.2, 0.25) is 0 Å². The summed E-state index contributed by atoms with van der Waals surface area (Å²) >= 11 is 0. The highest BCUT2D eigenvalue weighted by Crippen LogP contribution is 2.46.